The van der Waals surface area contributed by atoms with Crippen LogP contribution in [0.2, 0.25) is 0 Å². The molecule has 122 valence electrons. The Morgan fingerprint density at radius 3 is 2.57 bits per heavy atom. The van der Waals surface area contributed by atoms with Crippen molar-refractivity contribution in [2.24, 2.45) is 4.99 Å². The number of anilines is 1. The van der Waals surface area contributed by atoms with Gasteiger partial charge in [-0.15, -0.1) is 0 Å². The second kappa shape index (κ2) is 7.70. The van der Waals surface area contributed by atoms with Crippen molar-refractivity contribution < 1.29 is 10.2 Å². The van der Waals surface area contributed by atoms with Crippen LogP contribution in [0.25, 0.3) is 0 Å². The monoisotopic (exact) mass is 334 g/mol. The van der Waals surface area contributed by atoms with E-state index in [0.29, 0.717) is 12.2 Å². The Bertz CT molecular complexity index is 796. The van der Waals surface area contributed by atoms with Gasteiger partial charge in [0, 0.05) is 25.0 Å². The molecular weight excluding hydrogens is 316 g/mol. The maximum atomic E-state index is 11.7. The van der Waals surface area contributed by atoms with Crippen LogP contribution in [-0.4, -0.2) is 46.1 Å². The van der Waals surface area contributed by atoms with E-state index in [4.69, 9.17) is 17.3 Å². The Kier molecular flexibility index (Phi) is 5.67. The Balaban J connectivity index is 2.21. The molecule has 0 saturated heterocycles. The van der Waals surface area contributed by atoms with Gasteiger partial charge in [0.2, 0.25) is 5.88 Å². The van der Waals surface area contributed by atoms with Crippen molar-refractivity contribution in [1.82, 2.24) is 9.97 Å². The maximum Gasteiger partial charge on any atom is 0.264 e. The molecule has 7 nitrogen and oxygen atoms in total. The van der Waals surface area contributed by atoms with Gasteiger partial charge in [-0.3, -0.25) is 14.8 Å². The third-order valence-corrected chi connectivity index (χ3v) is 3.47. The predicted molar refractivity (Wildman–Crippen MR) is 92.6 cm³/mol. The van der Waals surface area contributed by atoms with Crippen LogP contribution in [0.4, 0.5) is 11.4 Å². The van der Waals surface area contributed by atoms with Crippen LogP contribution < -0.4 is 10.5 Å². The van der Waals surface area contributed by atoms with Gasteiger partial charge in [-0.05, 0) is 43.4 Å². The van der Waals surface area contributed by atoms with Gasteiger partial charge in [-0.25, -0.2) is 0 Å². The molecule has 0 atom stereocenters. The number of nitrogens with one attached hydrogen (secondary N) is 2. The lowest BCUT2D eigenvalue weighted by atomic mass is 10.2. The molecule has 2 aromatic rings. The summed E-state index contributed by atoms with van der Waals surface area (Å²) in [7, 11) is 0. The second-order valence-corrected chi connectivity index (χ2v) is 5.16. The zero-order valence-corrected chi connectivity index (χ0v) is 13.4. The number of hydrogen-bond acceptors (Lipinski definition) is 6. The quantitative estimate of drug-likeness (QED) is 0.475. The fraction of sp³-hybridized carbons (Fsp3) is 0.267. The molecule has 8 heteroatoms. The van der Waals surface area contributed by atoms with Gasteiger partial charge in [-0.2, -0.15) is 0 Å². The molecule has 0 aliphatic heterocycles. The minimum absolute atomic E-state index is 0.0122. The molecular formula is C15H18N4O3S. The van der Waals surface area contributed by atoms with E-state index in [0.717, 1.165) is 12.2 Å². The molecule has 4 N–H and O–H groups in total. The fourth-order valence-corrected chi connectivity index (χ4v) is 2.27. The molecule has 23 heavy (non-hydrogen) atoms. The van der Waals surface area contributed by atoms with Crippen LogP contribution in [0.1, 0.15) is 12.5 Å². The number of nitrogens with zero attached hydrogens (tertiary/aromatic N) is 2. The van der Waals surface area contributed by atoms with Gasteiger partial charge in [0.1, 0.15) is 5.56 Å². The summed E-state index contributed by atoms with van der Waals surface area (Å²) in [6.45, 7) is 3.45. The van der Waals surface area contributed by atoms with Crippen molar-refractivity contribution in [3.63, 3.8) is 0 Å². The van der Waals surface area contributed by atoms with Crippen LogP contribution in [-0.2, 0) is 0 Å². The molecule has 0 fully saturated rings. The first-order valence-electron chi connectivity index (χ1n) is 7.10. The van der Waals surface area contributed by atoms with Crippen molar-refractivity contribution in [2.45, 2.75) is 6.92 Å². The summed E-state index contributed by atoms with van der Waals surface area (Å²) in [6, 6.07) is 7.35. The largest absolute Gasteiger partial charge is 0.494 e. The molecule has 0 unspecified atom stereocenters. The number of hydrogen-bond donors (Lipinski definition) is 4. The summed E-state index contributed by atoms with van der Waals surface area (Å²) >= 11 is 4.76. The van der Waals surface area contributed by atoms with Crippen molar-refractivity contribution in [3.8, 4) is 5.88 Å². The first-order chi connectivity index (χ1) is 11.0. The number of aliphatic hydroxyl groups is 1. The van der Waals surface area contributed by atoms with E-state index < -0.39 is 5.56 Å². The molecule has 2 rings (SSSR count). The molecule has 0 aliphatic carbocycles. The van der Waals surface area contributed by atoms with E-state index >= 15 is 0 Å². The lowest BCUT2D eigenvalue weighted by Gasteiger charge is -2.21. The van der Waals surface area contributed by atoms with Crippen LogP contribution in [0.3, 0.4) is 0 Å². The number of benzene rings is 1. The molecule has 0 spiro atoms. The summed E-state index contributed by atoms with van der Waals surface area (Å²) in [6.07, 6.45) is 1.28. The maximum absolute atomic E-state index is 11.7. The first-order valence-corrected chi connectivity index (χ1v) is 7.51. The number of aliphatic hydroxyl groups excluding tert-OH is 1. The van der Waals surface area contributed by atoms with Crippen LogP contribution in [0, 0.1) is 4.77 Å². The van der Waals surface area contributed by atoms with Crippen molar-refractivity contribution in [3.05, 3.63) is 45.0 Å². The van der Waals surface area contributed by atoms with Gasteiger partial charge in [0.05, 0.1) is 12.3 Å². The van der Waals surface area contributed by atoms with Gasteiger partial charge in [0.15, 0.2) is 4.77 Å². The topological polar surface area (TPSA) is 105 Å². The van der Waals surface area contributed by atoms with E-state index in [1.165, 1.54) is 6.21 Å². The van der Waals surface area contributed by atoms with E-state index in [2.05, 4.69) is 15.0 Å². The van der Waals surface area contributed by atoms with E-state index in [1.807, 2.05) is 24.0 Å². The third kappa shape index (κ3) is 4.27. The third-order valence-electron chi connectivity index (χ3n) is 3.27. The highest BCUT2D eigenvalue weighted by molar-refractivity contribution is 7.71. The number of aromatic hydroxyl groups is 1. The summed E-state index contributed by atoms with van der Waals surface area (Å²) < 4.78 is 0.0533. The zero-order chi connectivity index (χ0) is 16.8. The lowest BCUT2D eigenvalue weighted by Crippen LogP contribution is -2.25. The molecule has 1 aromatic heterocycles. The summed E-state index contributed by atoms with van der Waals surface area (Å²) in [5.41, 5.74) is 1.12. The van der Waals surface area contributed by atoms with Gasteiger partial charge >= 0.3 is 0 Å². The Labute approximate surface area is 138 Å². The molecule has 1 aromatic carbocycles. The molecule has 0 radical (unpaired) electrons. The normalized spacial score (nSPS) is 11.0. The number of aromatic amines is 2. The molecule has 0 aliphatic rings. The number of aliphatic imine (C=N–C) groups is 1. The summed E-state index contributed by atoms with van der Waals surface area (Å²) in [5, 5.41) is 18.7. The number of rotatable bonds is 6. The molecule has 0 saturated carbocycles. The van der Waals surface area contributed by atoms with Crippen LogP contribution in [0.15, 0.2) is 34.1 Å². The number of aromatic nitrogens is 2. The smallest absolute Gasteiger partial charge is 0.264 e. The van der Waals surface area contributed by atoms with E-state index in [1.54, 1.807) is 12.1 Å². The minimum Gasteiger partial charge on any atom is -0.494 e. The van der Waals surface area contributed by atoms with Crippen molar-refractivity contribution in [1.29, 1.82) is 0 Å². The average molecular weight is 334 g/mol. The van der Waals surface area contributed by atoms with Crippen LogP contribution in [0.5, 0.6) is 5.88 Å². The van der Waals surface area contributed by atoms with E-state index in [9.17, 15) is 9.90 Å². The minimum atomic E-state index is -0.508. The highest BCUT2D eigenvalue weighted by atomic mass is 32.1. The molecule has 1 heterocycles. The van der Waals surface area contributed by atoms with Crippen LogP contribution >= 0.6 is 12.2 Å². The first kappa shape index (κ1) is 16.9. The SMILES string of the molecule is CCN(CCO)c1ccc(N=Cc2c(O)[nH]c(=S)[nH]c2=O)cc1. The highest BCUT2D eigenvalue weighted by Gasteiger charge is 2.05. The summed E-state index contributed by atoms with van der Waals surface area (Å²) in [4.78, 5) is 22.8. The van der Waals surface area contributed by atoms with Gasteiger partial charge in [-0.1, -0.05) is 0 Å². The molecule has 0 amide bonds. The van der Waals surface area contributed by atoms with Gasteiger partial charge < -0.3 is 20.1 Å². The standard InChI is InChI=1S/C15H18N4O3S/c1-2-19(7-8-20)11-5-3-10(4-6-11)16-9-12-13(21)17-15(23)18-14(12)22/h3-6,9,20H,2,7-8H2,1H3,(H3,17,18,21,22,23). The average Bonchev–Trinajstić information content (AvgIpc) is 2.52. The zero-order valence-electron chi connectivity index (χ0n) is 12.6. The predicted octanol–water partition coefficient (Wildman–Crippen LogP) is 1.71. The Morgan fingerprint density at radius 1 is 1.30 bits per heavy atom. The fourth-order valence-electron chi connectivity index (χ4n) is 2.08. The number of likely N-dealkylation sites (N-methyl/N-ethyl adjacent to an activating group) is 1. The Hall–Kier alpha value is -2.45. The second-order valence-electron chi connectivity index (χ2n) is 4.75. The van der Waals surface area contributed by atoms with E-state index in [-0.39, 0.29) is 22.8 Å². The summed E-state index contributed by atoms with van der Waals surface area (Å²) in [5.74, 6) is -0.320. The lowest BCUT2D eigenvalue weighted by molar-refractivity contribution is 0.302. The molecule has 0 bridgehead atoms. The van der Waals surface area contributed by atoms with Gasteiger partial charge in [0.25, 0.3) is 5.56 Å². The highest BCUT2D eigenvalue weighted by Crippen LogP contribution is 2.19. The Morgan fingerprint density at radius 2 is 2.00 bits per heavy atom. The van der Waals surface area contributed by atoms with Crippen molar-refractivity contribution >= 4 is 29.8 Å². The number of H-pyrrole nitrogens is 2. The van der Waals surface area contributed by atoms with Crippen molar-refractivity contribution in [2.75, 3.05) is 24.6 Å².